The number of anilines is 1. The Bertz CT molecular complexity index is 824. The Balaban J connectivity index is 1.46. The minimum atomic E-state index is -3.61. The smallest absolute Gasteiger partial charge is 0.243 e. The lowest BCUT2D eigenvalue weighted by Gasteiger charge is -2.37. The van der Waals surface area contributed by atoms with Crippen molar-refractivity contribution in [1.29, 1.82) is 0 Å². The Morgan fingerprint density at radius 2 is 1.84 bits per heavy atom. The number of carbonyl (C=O) groups excluding carboxylic acids is 2. The van der Waals surface area contributed by atoms with Crippen molar-refractivity contribution < 1.29 is 18.0 Å². The van der Waals surface area contributed by atoms with Crippen LogP contribution in [0.1, 0.15) is 24.8 Å². The van der Waals surface area contributed by atoms with Gasteiger partial charge in [-0.05, 0) is 36.6 Å². The van der Waals surface area contributed by atoms with E-state index in [0.29, 0.717) is 37.4 Å². The van der Waals surface area contributed by atoms with Gasteiger partial charge in [0.1, 0.15) is 0 Å². The third-order valence-corrected chi connectivity index (χ3v) is 7.24. The predicted octanol–water partition coefficient (Wildman–Crippen LogP) is 0.814. The monoisotopic (exact) mass is 363 g/mol. The zero-order valence-electron chi connectivity index (χ0n) is 13.9. The molecule has 1 saturated heterocycles. The van der Waals surface area contributed by atoms with Crippen LogP contribution in [0.3, 0.4) is 0 Å². The van der Waals surface area contributed by atoms with Crippen molar-refractivity contribution in [2.24, 2.45) is 5.92 Å². The Morgan fingerprint density at radius 3 is 2.48 bits per heavy atom. The number of fused-ring (bicyclic) bond motifs is 1. The zero-order chi connectivity index (χ0) is 17.6. The maximum absolute atomic E-state index is 12.9. The average molecular weight is 363 g/mol. The van der Waals surface area contributed by atoms with E-state index in [4.69, 9.17) is 0 Å². The van der Waals surface area contributed by atoms with Crippen LogP contribution in [-0.2, 0) is 26.0 Å². The number of hydrogen-bond acceptors (Lipinski definition) is 4. The van der Waals surface area contributed by atoms with Crippen molar-refractivity contribution in [3.05, 3.63) is 23.8 Å². The number of rotatable bonds is 3. The van der Waals surface area contributed by atoms with Gasteiger partial charge in [-0.15, -0.1) is 0 Å². The Labute approximate surface area is 147 Å². The van der Waals surface area contributed by atoms with Gasteiger partial charge >= 0.3 is 0 Å². The van der Waals surface area contributed by atoms with Gasteiger partial charge in [-0.1, -0.05) is 6.42 Å². The molecule has 0 spiro atoms. The van der Waals surface area contributed by atoms with E-state index in [-0.39, 0.29) is 29.0 Å². The van der Waals surface area contributed by atoms with Crippen LogP contribution in [0.2, 0.25) is 0 Å². The number of amides is 2. The summed E-state index contributed by atoms with van der Waals surface area (Å²) in [5, 5.41) is 2.70. The second kappa shape index (κ2) is 6.10. The summed E-state index contributed by atoms with van der Waals surface area (Å²) in [7, 11) is -3.61. The first-order valence-electron chi connectivity index (χ1n) is 8.67. The molecule has 2 aliphatic heterocycles. The summed E-state index contributed by atoms with van der Waals surface area (Å²) in [4.78, 5) is 25.7. The van der Waals surface area contributed by atoms with Crippen LogP contribution in [0.25, 0.3) is 0 Å². The summed E-state index contributed by atoms with van der Waals surface area (Å²) in [5.74, 6) is 0.197. The highest BCUT2D eigenvalue weighted by Gasteiger charge is 2.34. The summed E-state index contributed by atoms with van der Waals surface area (Å²) < 4.78 is 27.2. The zero-order valence-corrected chi connectivity index (χ0v) is 14.7. The normalized spacial score (nSPS) is 21.6. The van der Waals surface area contributed by atoms with E-state index in [2.05, 4.69) is 5.32 Å². The molecule has 3 aliphatic rings. The molecule has 1 aromatic rings. The number of benzene rings is 1. The number of hydrogen-bond donors (Lipinski definition) is 1. The fourth-order valence-corrected chi connectivity index (χ4v) is 5.05. The summed E-state index contributed by atoms with van der Waals surface area (Å²) in [5.41, 5.74) is 1.39. The largest absolute Gasteiger partial charge is 0.340 e. The minimum Gasteiger partial charge on any atom is -0.340 e. The molecule has 1 aliphatic carbocycles. The Kier molecular flexibility index (Phi) is 4.04. The van der Waals surface area contributed by atoms with Crippen LogP contribution < -0.4 is 5.32 Å². The van der Waals surface area contributed by atoms with E-state index < -0.39 is 10.0 Å². The molecule has 0 bridgehead atoms. The molecule has 4 rings (SSSR count). The molecule has 1 saturated carbocycles. The number of sulfonamides is 1. The van der Waals surface area contributed by atoms with E-state index in [0.717, 1.165) is 19.3 Å². The number of piperazine rings is 1. The highest BCUT2D eigenvalue weighted by molar-refractivity contribution is 7.89. The van der Waals surface area contributed by atoms with E-state index in [1.54, 1.807) is 17.0 Å². The number of nitrogens with one attached hydrogen (secondary N) is 1. The van der Waals surface area contributed by atoms with Crippen LogP contribution in [-0.4, -0.2) is 55.6 Å². The van der Waals surface area contributed by atoms with Gasteiger partial charge in [-0.2, -0.15) is 4.31 Å². The topological polar surface area (TPSA) is 86.8 Å². The molecule has 134 valence electrons. The van der Waals surface area contributed by atoms with Crippen LogP contribution >= 0.6 is 0 Å². The molecule has 0 unspecified atom stereocenters. The van der Waals surface area contributed by atoms with Crippen LogP contribution in [0.5, 0.6) is 0 Å². The van der Waals surface area contributed by atoms with Crippen LogP contribution in [0, 0.1) is 5.92 Å². The lowest BCUT2D eigenvalue weighted by molar-refractivity contribution is -0.139. The molecule has 25 heavy (non-hydrogen) atoms. The van der Waals surface area contributed by atoms with Gasteiger partial charge in [0.2, 0.25) is 21.8 Å². The molecule has 2 heterocycles. The molecular formula is C17H21N3O4S. The van der Waals surface area contributed by atoms with E-state index in [1.165, 1.54) is 10.4 Å². The molecule has 8 heteroatoms. The molecule has 7 nitrogen and oxygen atoms in total. The van der Waals surface area contributed by atoms with Crippen LogP contribution in [0.4, 0.5) is 5.69 Å². The van der Waals surface area contributed by atoms with Crippen molar-refractivity contribution >= 4 is 27.5 Å². The summed E-state index contributed by atoms with van der Waals surface area (Å²) >= 11 is 0. The Morgan fingerprint density at radius 1 is 1.12 bits per heavy atom. The van der Waals surface area contributed by atoms with Gasteiger partial charge in [-0.25, -0.2) is 8.42 Å². The first-order chi connectivity index (χ1) is 11.9. The van der Waals surface area contributed by atoms with Crippen molar-refractivity contribution in [3.63, 3.8) is 0 Å². The van der Waals surface area contributed by atoms with Crippen molar-refractivity contribution in [2.45, 2.75) is 30.6 Å². The second-order valence-corrected chi connectivity index (χ2v) is 8.84. The second-order valence-electron chi connectivity index (χ2n) is 6.90. The van der Waals surface area contributed by atoms with E-state index >= 15 is 0 Å². The quantitative estimate of drug-likeness (QED) is 0.861. The average Bonchev–Trinajstić information content (AvgIpc) is 2.92. The predicted molar refractivity (Wildman–Crippen MR) is 91.5 cm³/mol. The lowest BCUT2D eigenvalue weighted by atomic mass is 9.84. The fourth-order valence-electron chi connectivity index (χ4n) is 3.58. The van der Waals surface area contributed by atoms with Gasteiger partial charge in [-0.3, -0.25) is 9.59 Å². The van der Waals surface area contributed by atoms with Gasteiger partial charge in [0.15, 0.2) is 0 Å². The third kappa shape index (κ3) is 2.93. The molecule has 0 atom stereocenters. The molecule has 0 radical (unpaired) electrons. The van der Waals surface area contributed by atoms with Crippen molar-refractivity contribution in [3.8, 4) is 0 Å². The van der Waals surface area contributed by atoms with Crippen molar-refractivity contribution in [2.75, 3.05) is 31.5 Å². The molecule has 1 aromatic carbocycles. The highest BCUT2D eigenvalue weighted by atomic mass is 32.2. The first kappa shape index (κ1) is 16.5. The summed E-state index contributed by atoms with van der Waals surface area (Å²) in [6, 6.07) is 4.75. The summed E-state index contributed by atoms with van der Waals surface area (Å²) in [6.07, 6.45) is 3.24. The maximum Gasteiger partial charge on any atom is 0.243 e. The lowest BCUT2D eigenvalue weighted by Crippen LogP contribution is -2.52. The van der Waals surface area contributed by atoms with Crippen molar-refractivity contribution in [1.82, 2.24) is 9.21 Å². The molecular weight excluding hydrogens is 342 g/mol. The molecule has 2 fully saturated rings. The fraction of sp³-hybridized carbons (Fsp3) is 0.529. The number of nitrogens with zero attached hydrogens (tertiary/aromatic N) is 2. The van der Waals surface area contributed by atoms with Gasteiger partial charge in [0.25, 0.3) is 0 Å². The van der Waals surface area contributed by atoms with Crippen LogP contribution in [0.15, 0.2) is 23.1 Å². The molecule has 1 N–H and O–H groups in total. The molecule has 2 amide bonds. The maximum atomic E-state index is 12.9. The third-order valence-electron chi connectivity index (χ3n) is 5.34. The van der Waals surface area contributed by atoms with Gasteiger partial charge in [0, 0.05) is 37.8 Å². The SMILES string of the molecule is O=C1Cc2cc(S(=O)(=O)N3CCN(C(=O)C4CCC4)CC3)ccc2N1. The van der Waals surface area contributed by atoms with E-state index in [9.17, 15) is 18.0 Å². The Hall–Kier alpha value is -1.93. The van der Waals surface area contributed by atoms with E-state index in [1.807, 2.05) is 0 Å². The highest BCUT2D eigenvalue weighted by Crippen LogP contribution is 2.30. The first-order valence-corrected chi connectivity index (χ1v) is 10.1. The number of carbonyl (C=O) groups is 2. The summed E-state index contributed by atoms with van der Waals surface area (Å²) in [6.45, 7) is 1.52. The van der Waals surface area contributed by atoms with Gasteiger partial charge < -0.3 is 10.2 Å². The standard InChI is InChI=1S/C17H21N3O4S/c21-16-11-13-10-14(4-5-15(13)18-16)25(23,24)20-8-6-19(7-9-20)17(22)12-2-1-3-12/h4-5,10,12H,1-3,6-9,11H2,(H,18,21). The minimum absolute atomic E-state index is 0.118. The van der Waals surface area contributed by atoms with Gasteiger partial charge in [0.05, 0.1) is 11.3 Å². The molecule has 0 aromatic heterocycles.